The smallest absolute Gasteiger partial charge is 0.416 e. The molecule has 14 heteroatoms. The summed E-state index contributed by atoms with van der Waals surface area (Å²) in [6.07, 6.45) is -9.22. The Morgan fingerprint density at radius 3 is 1.74 bits per heavy atom. The highest BCUT2D eigenvalue weighted by Gasteiger charge is 2.37. The van der Waals surface area contributed by atoms with Crippen molar-refractivity contribution >= 4 is 30.2 Å². The molecular formula is C29H33ClF6N2O5. The van der Waals surface area contributed by atoms with Gasteiger partial charge in [-0.2, -0.15) is 31.6 Å². The van der Waals surface area contributed by atoms with Crippen LogP contribution in [0.5, 0.6) is 0 Å². The van der Waals surface area contributed by atoms with Crippen LogP contribution in [0.3, 0.4) is 0 Å². The third-order valence-corrected chi connectivity index (χ3v) is 5.86. The van der Waals surface area contributed by atoms with Gasteiger partial charge in [-0.25, -0.2) is 0 Å². The molecule has 0 saturated heterocycles. The molecule has 0 bridgehead atoms. The van der Waals surface area contributed by atoms with Gasteiger partial charge in [0.15, 0.2) is 5.90 Å². The Bertz CT molecular complexity index is 1230. The number of carbonyl (C=O) groups excluding carboxylic acids is 2. The first kappa shape index (κ1) is 39.2. The van der Waals surface area contributed by atoms with Gasteiger partial charge in [0.1, 0.15) is 0 Å². The second-order valence-corrected chi connectivity index (χ2v) is 8.66. The Morgan fingerprint density at radius 2 is 1.28 bits per heavy atom. The van der Waals surface area contributed by atoms with Gasteiger partial charge in [0.05, 0.1) is 49.4 Å². The normalized spacial score (nSPS) is 12.3. The second-order valence-electron chi connectivity index (χ2n) is 8.66. The molecule has 0 fully saturated rings. The number of nitrogens with one attached hydrogen (secondary N) is 1. The van der Waals surface area contributed by atoms with Gasteiger partial charge in [-0.15, -0.1) is 12.4 Å². The van der Waals surface area contributed by atoms with Crippen molar-refractivity contribution in [3.63, 3.8) is 0 Å². The standard InChI is InChI=1S/C16H20F3NO3.C13H12F3NO2.ClH/c1-3-22-14(21)10-9-12(15(20)23-4-2)11-7-5-6-8-13(11)16(17,18)19;1-19-12(18)7-6-9(8-17)10-4-2-3-5-11(10)13(14,15)16;/h5-8,12,20H,3-4,9-10H2,1-2H3;2-5,9H,6-7H2,1H3;1H. The first-order valence-corrected chi connectivity index (χ1v) is 12.9. The Kier molecular flexibility index (Phi) is 17.0. The lowest BCUT2D eigenvalue weighted by molar-refractivity contribution is -0.143. The molecule has 2 unspecified atom stereocenters. The Morgan fingerprint density at radius 1 is 0.814 bits per heavy atom. The van der Waals surface area contributed by atoms with E-state index in [1.54, 1.807) is 19.9 Å². The topological polar surface area (TPSA) is 109 Å². The lowest BCUT2D eigenvalue weighted by atomic mass is 9.89. The van der Waals surface area contributed by atoms with E-state index in [4.69, 9.17) is 20.1 Å². The second kappa shape index (κ2) is 18.7. The maximum Gasteiger partial charge on any atom is 0.416 e. The summed E-state index contributed by atoms with van der Waals surface area (Å²) >= 11 is 0. The minimum absolute atomic E-state index is 0. The molecule has 2 aromatic rings. The SMILES string of the molecule is CCOC(=N)C(CCC(=O)OCC)c1ccccc1C(F)(F)F.COC(=O)CCC(C#N)c1ccccc1C(F)(F)F.Cl. The van der Waals surface area contributed by atoms with Crippen LogP contribution in [0.1, 0.15) is 73.6 Å². The van der Waals surface area contributed by atoms with E-state index in [1.165, 1.54) is 43.5 Å². The monoisotopic (exact) mass is 638 g/mol. The van der Waals surface area contributed by atoms with Crippen LogP contribution in [-0.4, -0.2) is 38.2 Å². The molecular weight excluding hydrogens is 606 g/mol. The number of carbonyl (C=O) groups is 2. The van der Waals surface area contributed by atoms with Crippen molar-refractivity contribution in [1.82, 2.24) is 0 Å². The lowest BCUT2D eigenvalue weighted by Crippen LogP contribution is -2.21. The summed E-state index contributed by atoms with van der Waals surface area (Å²) in [5.41, 5.74) is -1.84. The van der Waals surface area contributed by atoms with Gasteiger partial charge in [-0.05, 0) is 49.9 Å². The number of hydrogen-bond acceptors (Lipinski definition) is 7. The number of nitrogens with zero attached hydrogens (tertiary/aromatic N) is 1. The Hall–Kier alpha value is -3.79. The highest BCUT2D eigenvalue weighted by Crippen LogP contribution is 2.38. The predicted octanol–water partition coefficient (Wildman–Crippen LogP) is 7.83. The van der Waals surface area contributed by atoms with E-state index < -0.39 is 47.3 Å². The molecule has 7 nitrogen and oxygen atoms in total. The molecule has 2 aromatic carbocycles. The van der Waals surface area contributed by atoms with E-state index in [1.807, 2.05) is 0 Å². The van der Waals surface area contributed by atoms with Crippen molar-refractivity contribution in [1.29, 1.82) is 10.7 Å². The van der Waals surface area contributed by atoms with Crippen LogP contribution in [0.2, 0.25) is 0 Å². The lowest BCUT2D eigenvalue weighted by Gasteiger charge is -2.22. The number of ether oxygens (including phenoxy) is 3. The molecule has 238 valence electrons. The molecule has 0 heterocycles. The number of hydrogen-bond donors (Lipinski definition) is 1. The molecule has 0 aliphatic carbocycles. The number of benzene rings is 2. The van der Waals surface area contributed by atoms with E-state index in [-0.39, 0.29) is 68.3 Å². The van der Waals surface area contributed by atoms with Crippen LogP contribution in [0, 0.1) is 16.7 Å². The first-order valence-electron chi connectivity index (χ1n) is 12.9. The van der Waals surface area contributed by atoms with Gasteiger partial charge in [-0.1, -0.05) is 36.4 Å². The third kappa shape index (κ3) is 12.9. The van der Waals surface area contributed by atoms with Crippen LogP contribution >= 0.6 is 12.4 Å². The molecule has 2 rings (SSSR count). The Balaban J connectivity index is 0.000000815. The van der Waals surface area contributed by atoms with Crippen LogP contribution in [0.25, 0.3) is 0 Å². The zero-order valence-electron chi connectivity index (χ0n) is 23.7. The van der Waals surface area contributed by atoms with E-state index in [0.717, 1.165) is 12.1 Å². The number of esters is 2. The fourth-order valence-corrected chi connectivity index (χ4v) is 3.95. The molecule has 0 aliphatic rings. The van der Waals surface area contributed by atoms with Gasteiger partial charge >= 0.3 is 24.3 Å². The van der Waals surface area contributed by atoms with Crippen molar-refractivity contribution in [3.05, 3.63) is 70.8 Å². The highest BCUT2D eigenvalue weighted by atomic mass is 35.5. The quantitative estimate of drug-likeness (QED) is 0.116. The summed E-state index contributed by atoms with van der Waals surface area (Å²) < 4.78 is 92.2. The van der Waals surface area contributed by atoms with Crippen molar-refractivity contribution in [2.75, 3.05) is 20.3 Å². The van der Waals surface area contributed by atoms with Gasteiger partial charge in [0.2, 0.25) is 0 Å². The minimum Gasteiger partial charge on any atom is -0.481 e. The zero-order chi connectivity index (χ0) is 31.9. The van der Waals surface area contributed by atoms with E-state index in [2.05, 4.69) is 4.74 Å². The summed E-state index contributed by atoms with van der Waals surface area (Å²) in [5, 5.41) is 16.9. The summed E-state index contributed by atoms with van der Waals surface area (Å²) in [6, 6.07) is 11.7. The fraction of sp³-hybridized carbons (Fsp3) is 0.448. The third-order valence-electron chi connectivity index (χ3n) is 5.86. The van der Waals surface area contributed by atoms with Gasteiger partial charge in [0, 0.05) is 12.8 Å². The van der Waals surface area contributed by atoms with E-state index >= 15 is 0 Å². The molecule has 0 radical (unpaired) electrons. The number of methoxy groups -OCH3 is 1. The summed E-state index contributed by atoms with van der Waals surface area (Å²) in [6.45, 7) is 3.66. The largest absolute Gasteiger partial charge is 0.481 e. The van der Waals surface area contributed by atoms with E-state index in [0.29, 0.717) is 0 Å². The highest BCUT2D eigenvalue weighted by molar-refractivity contribution is 5.85. The molecule has 0 spiro atoms. The van der Waals surface area contributed by atoms with E-state index in [9.17, 15) is 35.9 Å². The molecule has 0 saturated carbocycles. The summed E-state index contributed by atoms with van der Waals surface area (Å²) in [4.78, 5) is 22.5. The van der Waals surface area contributed by atoms with Gasteiger partial charge in [0.25, 0.3) is 0 Å². The molecule has 0 aliphatic heterocycles. The van der Waals surface area contributed by atoms with Crippen LogP contribution in [0.15, 0.2) is 48.5 Å². The van der Waals surface area contributed by atoms with Crippen molar-refractivity contribution in [2.24, 2.45) is 0 Å². The molecule has 43 heavy (non-hydrogen) atoms. The number of halogens is 7. The maximum absolute atomic E-state index is 13.2. The molecule has 0 aromatic heterocycles. The number of alkyl halides is 6. The maximum atomic E-state index is 13.2. The van der Waals surface area contributed by atoms with Crippen LogP contribution in [-0.2, 0) is 36.2 Å². The first-order chi connectivity index (χ1) is 19.7. The predicted molar refractivity (Wildman–Crippen MR) is 148 cm³/mol. The molecule has 1 N–H and O–H groups in total. The fourth-order valence-electron chi connectivity index (χ4n) is 3.95. The van der Waals surface area contributed by atoms with Crippen molar-refractivity contribution < 1.29 is 50.1 Å². The summed E-state index contributed by atoms with van der Waals surface area (Å²) in [5.74, 6) is -3.28. The minimum atomic E-state index is -4.54. The number of rotatable bonds is 11. The Labute approximate surface area is 252 Å². The van der Waals surface area contributed by atoms with Crippen LogP contribution in [0.4, 0.5) is 26.3 Å². The average molecular weight is 639 g/mol. The summed E-state index contributed by atoms with van der Waals surface area (Å²) in [7, 11) is 1.19. The van der Waals surface area contributed by atoms with Crippen molar-refractivity contribution in [3.8, 4) is 6.07 Å². The zero-order valence-corrected chi connectivity index (χ0v) is 24.5. The molecule has 2 atom stereocenters. The number of nitriles is 1. The molecule has 0 amide bonds. The van der Waals surface area contributed by atoms with Gasteiger partial charge in [-0.3, -0.25) is 15.0 Å². The van der Waals surface area contributed by atoms with Crippen LogP contribution < -0.4 is 0 Å². The average Bonchev–Trinajstić information content (AvgIpc) is 2.93. The van der Waals surface area contributed by atoms with Gasteiger partial charge < -0.3 is 14.2 Å². The van der Waals surface area contributed by atoms with Crippen molar-refractivity contribution in [2.45, 2.75) is 63.7 Å².